The molecule has 0 saturated carbocycles. The van der Waals surface area contributed by atoms with Gasteiger partial charge in [0, 0.05) is 18.0 Å². The van der Waals surface area contributed by atoms with Crippen molar-refractivity contribution < 1.29 is 14.3 Å². The second-order valence-electron chi connectivity index (χ2n) is 6.45. The van der Waals surface area contributed by atoms with Crippen LogP contribution in [0.3, 0.4) is 0 Å². The Morgan fingerprint density at radius 1 is 1.33 bits per heavy atom. The van der Waals surface area contributed by atoms with Crippen molar-refractivity contribution in [3.05, 3.63) is 46.2 Å². The second kappa shape index (κ2) is 7.48. The Balaban J connectivity index is 1.40. The van der Waals surface area contributed by atoms with Crippen molar-refractivity contribution in [2.24, 2.45) is 0 Å². The third-order valence-electron chi connectivity index (χ3n) is 4.82. The van der Waals surface area contributed by atoms with Gasteiger partial charge in [0.2, 0.25) is 0 Å². The molecule has 1 aliphatic heterocycles. The van der Waals surface area contributed by atoms with Gasteiger partial charge in [0.25, 0.3) is 5.91 Å². The minimum absolute atomic E-state index is 0.0941. The van der Waals surface area contributed by atoms with E-state index in [4.69, 9.17) is 4.74 Å². The average Bonchev–Trinajstić information content (AvgIpc) is 3.44. The van der Waals surface area contributed by atoms with Crippen LogP contribution < -0.4 is 0 Å². The van der Waals surface area contributed by atoms with Crippen LogP contribution in [0.1, 0.15) is 41.0 Å². The number of aromatic nitrogens is 3. The third-order valence-corrected chi connectivity index (χ3v) is 5.79. The van der Waals surface area contributed by atoms with E-state index in [1.54, 1.807) is 34.2 Å². The lowest BCUT2D eigenvalue weighted by atomic mass is 10.2. The lowest BCUT2D eigenvalue weighted by Crippen LogP contribution is -2.34. The van der Waals surface area contributed by atoms with Crippen LogP contribution in [0.15, 0.2) is 35.7 Å². The summed E-state index contributed by atoms with van der Waals surface area (Å²) >= 11 is 1.65. The van der Waals surface area contributed by atoms with Crippen molar-refractivity contribution in [3.63, 3.8) is 0 Å². The number of aryl methyl sites for hydroxylation is 1. The molecule has 0 aliphatic carbocycles. The monoisotopic (exact) mass is 384 g/mol. The summed E-state index contributed by atoms with van der Waals surface area (Å²) in [5, 5.41) is 10.1. The fourth-order valence-electron chi connectivity index (χ4n) is 3.47. The molecule has 7 nitrogen and oxygen atoms in total. The standard InChI is InChI=1S/C19H20N4O3S/c1-2-23-15-8-7-13(11-14(15)20-21-23)19(25)26-12-18(24)22-9-3-5-16(22)17-6-4-10-27-17/h4,6-8,10-11,16H,2-3,5,9,12H2,1H3/t16-/m0/s1. The molecule has 0 N–H and O–H groups in total. The Bertz CT molecular complexity index is 967. The van der Waals surface area contributed by atoms with Gasteiger partial charge >= 0.3 is 5.97 Å². The Morgan fingerprint density at radius 2 is 2.22 bits per heavy atom. The van der Waals surface area contributed by atoms with Crippen molar-refractivity contribution >= 4 is 34.2 Å². The number of esters is 1. The lowest BCUT2D eigenvalue weighted by Gasteiger charge is -2.23. The Labute approximate surface area is 160 Å². The number of amides is 1. The number of fused-ring (bicyclic) bond motifs is 1. The molecule has 140 valence electrons. The molecule has 1 saturated heterocycles. The van der Waals surface area contributed by atoms with Gasteiger partial charge in [-0.15, -0.1) is 16.4 Å². The molecule has 4 rings (SSSR count). The number of carbonyl (C=O) groups is 2. The molecule has 8 heteroatoms. The molecular weight excluding hydrogens is 364 g/mol. The molecule has 2 aromatic heterocycles. The molecule has 3 aromatic rings. The van der Waals surface area contributed by atoms with Crippen LogP contribution in [-0.4, -0.2) is 44.9 Å². The van der Waals surface area contributed by atoms with E-state index in [2.05, 4.69) is 10.3 Å². The smallest absolute Gasteiger partial charge is 0.338 e. The number of nitrogens with zero attached hydrogens (tertiary/aromatic N) is 4. The highest BCUT2D eigenvalue weighted by Crippen LogP contribution is 2.34. The number of likely N-dealkylation sites (tertiary alicyclic amines) is 1. The summed E-state index contributed by atoms with van der Waals surface area (Å²) in [5.74, 6) is -0.680. The first-order valence-corrected chi connectivity index (χ1v) is 9.88. The zero-order valence-corrected chi connectivity index (χ0v) is 15.8. The first-order chi connectivity index (χ1) is 13.2. The second-order valence-corrected chi connectivity index (χ2v) is 7.42. The maximum Gasteiger partial charge on any atom is 0.338 e. The van der Waals surface area contributed by atoms with Crippen molar-refractivity contribution in [2.45, 2.75) is 32.4 Å². The maximum atomic E-state index is 12.6. The number of ether oxygens (including phenoxy) is 1. The molecule has 0 spiro atoms. The summed E-state index contributed by atoms with van der Waals surface area (Å²) < 4.78 is 7.02. The van der Waals surface area contributed by atoms with Gasteiger partial charge in [0.15, 0.2) is 6.61 Å². The van der Waals surface area contributed by atoms with E-state index in [1.165, 1.54) is 4.88 Å². The highest BCUT2D eigenvalue weighted by atomic mass is 32.1. The van der Waals surface area contributed by atoms with Crippen LogP contribution in [-0.2, 0) is 16.1 Å². The zero-order valence-electron chi connectivity index (χ0n) is 15.0. The minimum atomic E-state index is -0.525. The summed E-state index contributed by atoms with van der Waals surface area (Å²) in [6, 6.07) is 9.25. The van der Waals surface area contributed by atoms with Gasteiger partial charge in [-0.1, -0.05) is 11.3 Å². The normalized spacial score (nSPS) is 16.8. The first-order valence-electron chi connectivity index (χ1n) is 9.00. The van der Waals surface area contributed by atoms with Crippen molar-refractivity contribution in [3.8, 4) is 0 Å². The molecule has 0 radical (unpaired) electrons. The topological polar surface area (TPSA) is 77.3 Å². The van der Waals surface area contributed by atoms with Gasteiger partial charge < -0.3 is 9.64 Å². The Hall–Kier alpha value is -2.74. The van der Waals surface area contributed by atoms with Crippen molar-refractivity contribution in [2.75, 3.05) is 13.2 Å². The Morgan fingerprint density at radius 3 is 3.00 bits per heavy atom. The number of thiophene rings is 1. The number of hydrogen-bond donors (Lipinski definition) is 0. The predicted molar refractivity (Wildman–Crippen MR) is 101 cm³/mol. The number of carbonyl (C=O) groups excluding carboxylic acids is 2. The molecule has 1 aliphatic rings. The molecule has 1 atom stereocenters. The van der Waals surface area contributed by atoms with Crippen molar-refractivity contribution in [1.29, 1.82) is 0 Å². The molecular formula is C19H20N4O3S. The quantitative estimate of drug-likeness (QED) is 0.632. The molecule has 0 bridgehead atoms. The number of benzene rings is 1. The van der Waals surface area contributed by atoms with E-state index >= 15 is 0 Å². The van der Waals surface area contributed by atoms with Gasteiger partial charge in [-0.3, -0.25) is 4.79 Å². The van der Waals surface area contributed by atoms with Gasteiger partial charge in [-0.05, 0) is 49.4 Å². The number of hydrogen-bond acceptors (Lipinski definition) is 6. The predicted octanol–water partition coefficient (Wildman–Crippen LogP) is 3.03. The summed E-state index contributed by atoms with van der Waals surface area (Å²) in [7, 11) is 0. The van der Waals surface area contributed by atoms with Crippen LogP contribution >= 0.6 is 11.3 Å². The molecule has 1 amide bonds. The maximum absolute atomic E-state index is 12.6. The van der Waals surface area contributed by atoms with Gasteiger partial charge in [-0.25, -0.2) is 9.48 Å². The highest BCUT2D eigenvalue weighted by Gasteiger charge is 2.31. The summed E-state index contributed by atoms with van der Waals surface area (Å²) in [4.78, 5) is 27.9. The summed E-state index contributed by atoms with van der Waals surface area (Å²) in [5.41, 5.74) is 1.87. The van der Waals surface area contributed by atoms with Gasteiger partial charge in [-0.2, -0.15) is 0 Å². The highest BCUT2D eigenvalue weighted by molar-refractivity contribution is 7.10. The largest absolute Gasteiger partial charge is 0.452 e. The van der Waals surface area contributed by atoms with Crippen LogP contribution in [0, 0.1) is 0 Å². The van der Waals surface area contributed by atoms with Gasteiger partial charge in [0.1, 0.15) is 5.52 Å². The van der Waals surface area contributed by atoms with Crippen LogP contribution in [0.2, 0.25) is 0 Å². The fraction of sp³-hybridized carbons (Fsp3) is 0.368. The van der Waals surface area contributed by atoms with E-state index < -0.39 is 5.97 Å². The van der Waals surface area contributed by atoms with E-state index in [0.717, 1.165) is 18.4 Å². The van der Waals surface area contributed by atoms with Crippen LogP contribution in [0.25, 0.3) is 11.0 Å². The van der Waals surface area contributed by atoms with Crippen molar-refractivity contribution in [1.82, 2.24) is 19.9 Å². The van der Waals surface area contributed by atoms with Crippen LogP contribution in [0.4, 0.5) is 0 Å². The van der Waals surface area contributed by atoms with Gasteiger partial charge in [0.05, 0.1) is 17.1 Å². The van der Waals surface area contributed by atoms with E-state index in [-0.39, 0.29) is 18.6 Å². The molecule has 1 fully saturated rings. The molecule has 3 heterocycles. The fourth-order valence-corrected chi connectivity index (χ4v) is 4.34. The third kappa shape index (κ3) is 3.44. The summed E-state index contributed by atoms with van der Waals surface area (Å²) in [6.45, 7) is 3.13. The van der Waals surface area contributed by atoms with E-state index in [1.807, 2.05) is 29.3 Å². The average molecular weight is 384 g/mol. The Kier molecular flexibility index (Phi) is 4.89. The molecule has 27 heavy (non-hydrogen) atoms. The minimum Gasteiger partial charge on any atom is -0.452 e. The SMILES string of the molecule is CCn1nnc2cc(C(=O)OCC(=O)N3CCC[C@H]3c3cccs3)ccc21. The zero-order chi connectivity index (χ0) is 18.8. The van der Waals surface area contributed by atoms with E-state index in [9.17, 15) is 9.59 Å². The summed E-state index contributed by atoms with van der Waals surface area (Å²) in [6.07, 6.45) is 1.91. The molecule has 1 aromatic carbocycles. The number of rotatable bonds is 5. The molecule has 0 unspecified atom stereocenters. The van der Waals surface area contributed by atoms with E-state index in [0.29, 0.717) is 24.2 Å². The van der Waals surface area contributed by atoms with Crippen LogP contribution in [0.5, 0.6) is 0 Å². The first kappa shape index (κ1) is 17.7. The lowest BCUT2D eigenvalue weighted by molar-refractivity contribution is -0.135.